The topological polar surface area (TPSA) is 131 Å². The Morgan fingerprint density at radius 2 is 1.86 bits per heavy atom. The average molecular weight is 477 g/mol. The molecule has 4 rings (SSSR count). The lowest BCUT2D eigenvalue weighted by Crippen LogP contribution is -2.30. The number of amides is 3. The van der Waals surface area contributed by atoms with Gasteiger partial charge in [-0.3, -0.25) is 9.69 Å². The van der Waals surface area contributed by atoms with Crippen molar-refractivity contribution in [3.63, 3.8) is 0 Å². The van der Waals surface area contributed by atoms with Gasteiger partial charge in [-0.2, -0.15) is 0 Å². The number of esters is 1. The number of urea groups is 1. The summed E-state index contributed by atoms with van der Waals surface area (Å²) >= 11 is 0. The highest BCUT2D eigenvalue weighted by Crippen LogP contribution is 2.27. The maximum atomic E-state index is 12.9. The van der Waals surface area contributed by atoms with E-state index in [0.29, 0.717) is 11.3 Å². The third kappa shape index (κ3) is 4.33. The molecule has 1 saturated heterocycles. The number of carbonyl (C=O) groups is 4. The molecule has 0 unspecified atom stereocenters. The first-order chi connectivity index (χ1) is 16.6. The highest BCUT2D eigenvalue weighted by atomic mass is 16.5. The fraction of sp³-hybridized carbons (Fsp3) is 0.200. The quantitative estimate of drug-likeness (QED) is 0.315. The van der Waals surface area contributed by atoms with Crippen molar-refractivity contribution in [2.75, 3.05) is 7.11 Å². The Balaban J connectivity index is 1.62. The van der Waals surface area contributed by atoms with Crippen molar-refractivity contribution >= 4 is 30.0 Å². The number of rotatable bonds is 6. The Bertz CT molecular complexity index is 1410. The molecule has 0 bridgehead atoms. The summed E-state index contributed by atoms with van der Waals surface area (Å²) in [5, 5.41) is 11.9. The average Bonchev–Trinajstić information content (AvgIpc) is 3.47. The highest BCUT2D eigenvalue weighted by Gasteiger charge is 2.34. The van der Waals surface area contributed by atoms with Crippen molar-refractivity contribution in [1.82, 2.24) is 14.8 Å². The van der Waals surface area contributed by atoms with Crippen LogP contribution in [0.3, 0.4) is 0 Å². The number of ether oxygens (including phenoxy) is 1. The number of hydrogen-bond acceptors (Lipinski definition) is 6. The van der Waals surface area contributed by atoms with E-state index in [-0.39, 0.29) is 29.3 Å². The van der Waals surface area contributed by atoms with Gasteiger partial charge < -0.3 is 24.1 Å². The maximum absolute atomic E-state index is 12.9. The SMILES string of the molecule is COC(=O)c1ccc(CN2C(=O)N/C(=C\c3cc(C)n(-c4cc(C(=O)O)ccc4C)c3C)C2=O)o1. The molecular weight excluding hydrogens is 454 g/mol. The van der Waals surface area contributed by atoms with E-state index in [9.17, 15) is 24.3 Å². The van der Waals surface area contributed by atoms with Gasteiger partial charge in [-0.15, -0.1) is 0 Å². The van der Waals surface area contributed by atoms with E-state index < -0.39 is 23.9 Å². The predicted octanol–water partition coefficient (Wildman–Crippen LogP) is 3.57. The number of nitrogens with one attached hydrogen (secondary N) is 1. The molecule has 0 radical (unpaired) electrons. The van der Waals surface area contributed by atoms with E-state index >= 15 is 0 Å². The van der Waals surface area contributed by atoms with Crippen LogP contribution in [0.2, 0.25) is 0 Å². The molecule has 0 atom stereocenters. The van der Waals surface area contributed by atoms with E-state index in [2.05, 4.69) is 10.1 Å². The number of methoxy groups -OCH3 is 1. The second-order valence-corrected chi connectivity index (χ2v) is 8.11. The number of aromatic carboxylic acids is 1. The first kappa shape index (κ1) is 23.6. The van der Waals surface area contributed by atoms with Gasteiger partial charge in [0, 0.05) is 17.1 Å². The number of aryl methyl sites for hydroxylation is 2. The summed E-state index contributed by atoms with van der Waals surface area (Å²) in [6.45, 7) is 5.46. The van der Waals surface area contributed by atoms with Crippen molar-refractivity contribution in [2.45, 2.75) is 27.3 Å². The second kappa shape index (κ2) is 8.98. The van der Waals surface area contributed by atoms with Crippen LogP contribution in [0.25, 0.3) is 11.8 Å². The minimum atomic E-state index is -1.02. The molecule has 3 amide bonds. The van der Waals surface area contributed by atoms with Crippen molar-refractivity contribution in [1.29, 1.82) is 0 Å². The van der Waals surface area contributed by atoms with Crippen molar-refractivity contribution < 1.29 is 33.4 Å². The number of aromatic nitrogens is 1. The molecule has 10 nitrogen and oxygen atoms in total. The Labute approximate surface area is 200 Å². The van der Waals surface area contributed by atoms with Gasteiger partial charge in [0.1, 0.15) is 11.5 Å². The van der Waals surface area contributed by atoms with Crippen LogP contribution in [0.15, 0.2) is 46.5 Å². The summed E-state index contributed by atoms with van der Waals surface area (Å²) in [5.41, 5.74) is 4.16. The van der Waals surface area contributed by atoms with Crippen molar-refractivity contribution in [3.8, 4) is 5.69 Å². The monoisotopic (exact) mass is 477 g/mol. The van der Waals surface area contributed by atoms with E-state index in [0.717, 1.165) is 21.9 Å². The summed E-state index contributed by atoms with van der Waals surface area (Å²) in [5.74, 6) is -2.00. The van der Waals surface area contributed by atoms with Crippen LogP contribution in [0, 0.1) is 20.8 Å². The number of imide groups is 1. The molecule has 1 aliphatic rings. The smallest absolute Gasteiger partial charge is 0.373 e. The number of carbonyl (C=O) groups excluding carboxylic acids is 3. The van der Waals surface area contributed by atoms with Crippen LogP contribution in [-0.2, 0) is 16.1 Å². The lowest BCUT2D eigenvalue weighted by atomic mass is 10.1. The largest absolute Gasteiger partial charge is 0.478 e. The number of carboxylic acids is 1. The third-order valence-electron chi connectivity index (χ3n) is 5.79. The summed E-state index contributed by atoms with van der Waals surface area (Å²) in [6.07, 6.45) is 1.58. The van der Waals surface area contributed by atoms with Crippen LogP contribution in [0.1, 0.15) is 49.2 Å². The molecule has 3 heterocycles. The highest BCUT2D eigenvalue weighted by molar-refractivity contribution is 6.14. The van der Waals surface area contributed by atoms with Crippen LogP contribution in [-0.4, -0.2) is 45.6 Å². The van der Waals surface area contributed by atoms with E-state index in [4.69, 9.17) is 4.42 Å². The molecule has 1 aliphatic heterocycles. The number of carboxylic acid groups (broad SMARTS) is 1. The zero-order valence-corrected chi connectivity index (χ0v) is 19.5. The predicted molar refractivity (Wildman–Crippen MR) is 124 cm³/mol. The van der Waals surface area contributed by atoms with Crippen LogP contribution in [0.5, 0.6) is 0 Å². The standard InChI is InChI=1S/C25H23N3O7/c1-13-5-6-16(23(30)31)11-20(13)28-14(2)9-17(15(28)3)10-19-22(29)27(25(33)26-19)12-18-7-8-21(35-18)24(32)34-4/h5-11H,12H2,1-4H3,(H,26,33)(H,30,31)/b19-10-. The fourth-order valence-corrected chi connectivity index (χ4v) is 3.99. The molecule has 2 aromatic heterocycles. The molecule has 10 heteroatoms. The van der Waals surface area contributed by atoms with E-state index in [1.807, 2.05) is 31.4 Å². The molecule has 180 valence electrons. The Morgan fingerprint density at radius 3 is 2.54 bits per heavy atom. The molecule has 2 N–H and O–H groups in total. The molecule has 0 spiro atoms. The van der Waals surface area contributed by atoms with Crippen molar-refractivity contribution in [3.05, 3.63) is 81.7 Å². The Kier molecular flexibility index (Phi) is 6.04. The molecule has 0 aliphatic carbocycles. The lowest BCUT2D eigenvalue weighted by molar-refractivity contribution is -0.123. The van der Waals surface area contributed by atoms with Gasteiger partial charge in [-0.25, -0.2) is 14.4 Å². The zero-order chi connectivity index (χ0) is 25.4. The van der Waals surface area contributed by atoms with Gasteiger partial charge in [-0.1, -0.05) is 6.07 Å². The first-order valence-electron chi connectivity index (χ1n) is 10.7. The Morgan fingerprint density at radius 1 is 1.11 bits per heavy atom. The number of hydrogen-bond donors (Lipinski definition) is 2. The summed E-state index contributed by atoms with van der Waals surface area (Å²) in [7, 11) is 1.22. The van der Waals surface area contributed by atoms with Gasteiger partial charge in [0.15, 0.2) is 0 Å². The zero-order valence-electron chi connectivity index (χ0n) is 19.5. The molecule has 35 heavy (non-hydrogen) atoms. The lowest BCUT2D eigenvalue weighted by Gasteiger charge is -2.13. The molecule has 3 aromatic rings. The van der Waals surface area contributed by atoms with Gasteiger partial charge in [-0.05, 0) is 68.3 Å². The summed E-state index contributed by atoms with van der Waals surface area (Å²) in [6, 6.07) is 9.04. The Hall–Kier alpha value is -4.60. The van der Waals surface area contributed by atoms with Gasteiger partial charge >= 0.3 is 18.0 Å². The summed E-state index contributed by atoms with van der Waals surface area (Å²) in [4.78, 5) is 49.4. The molecule has 1 fully saturated rings. The number of nitrogens with zero attached hydrogens (tertiary/aromatic N) is 2. The normalized spacial score (nSPS) is 14.5. The minimum Gasteiger partial charge on any atom is -0.478 e. The van der Waals surface area contributed by atoms with Crippen LogP contribution < -0.4 is 5.32 Å². The van der Waals surface area contributed by atoms with E-state index in [1.165, 1.54) is 19.2 Å². The van der Waals surface area contributed by atoms with Gasteiger partial charge in [0.2, 0.25) is 5.76 Å². The first-order valence-corrected chi connectivity index (χ1v) is 10.7. The van der Waals surface area contributed by atoms with Crippen molar-refractivity contribution in [2.24, 2.45) is 0 Å². The summed E-state index contributed by atoms with van der Waals surface area (Å²) < 4.78 is 11.9. The van der Waals surface area contributed by atoms with Gasteiger partial charge in [0.25, 0.3) is 5.91 Å². The fourth-order valence-electron chi connectivity index (χ4n) is 3.99. The number of benzene rings is 1. The minimum absolute atomic E-state index is 0.0278. The van der Waals surface area contributed by atoms with Crippen LogP contribution in [0.4, 0.5) is 4.79 Å². The molecular formula is C25H23N3O7. The van der Waals surface area contributed by atoms with Crippen LogP contribution >= 0.6 is 0 Å². The molecule has 1 aromatic carbocycles. The molecule has 0 saturated carbocycles. The second-order valence-electron chi connectivity index (χ2n) is 8.11. The van der Waals surface area contributed by atoms with Gasteiger partial charge in [0.05, 0.1) is 19.2 Å². The third-order valence-corrected chi connectivity index (χ3v) is 5.79. The number of furan rings is 1. The van der Waals surface area contributed by atoms with E-state index in [1.54, 1.807) is 24.3 Å². The maximum Gasteiger partial charge on any atom is 0.373 e.